The number of rotatable bonds is 5. The fourth-order valence-electron chi connectivity index (χ4n) is 2.41. The number of hydrogen-bond acceptors (Lipinski definition) is 0. The molecule has 24 heavy (non-hydrogen) atoms. The van der Waals surface area contributed by atoms with E-state index in [0.717, 1.165) is 5.57 Å². The molecule has 0 unspecified atom stereocenters. The van der Waals surface area contributed by atoms with Crippen LogP contribution in [0.1, 0.15) is 16.7 Å². The Morgan fingerprint density at radius 3 is 1.25 bits per heavy atom. The lowest BCUT2D eigenvalue weighted by Gasteiger charge is -1.99. The molecular formula is C24H20. The van der Waals surface area contributed by atoms with Crippen LogP contribution in [0, 0.1) is 0 Å². The van der Waals surface area contributed by atoms with Crippen molar-refractivity contribution in [2.45, 2.75) is 0 Å². The van der Waals surface area contributed by atoms with Gasteiger partial charge < -0.3 is 0 Å². The molecule has 0 fully saturated rings. The van der Waals surface area contributed by atoms with E-state index in [4.69, 9.17) is 0 Å². The van der Waals surface area contributed by atoms with Gasteiger partial charge in [-0.25, -0.2) is 0 Å². The first-order chi connectivity index (χ1) is 11.9. The summed E-state index contributed by atoms with van der Waals surface area (Å²) >= 11 is 0. The van der Waals surface area contributed by atoms with Gasteiger partial charge in [0.15, 0.2) is 0 Å². The van der Waals surface area contributed by atoms with Crippen LogP contribution >= 0.6 is 0 Å². The minimum absolute atomic E-state index is 1.16. The summed E-state index contributed by atoms with van der Waals surface area (Å²) in [4.78, 5) is 0. The van der Waals surface area contributed by atoms with Gasteiger partial charge in [0.1, 0.15) is 0 Å². The van der Waals surface area contributed by atoms with Gasteiger partial charge in [0.05, 0.1) is 0 Å². The molecule has 0 amide bonds. The zero-order valence-electron chi connectivity index (χ0n) is 13.5. The lowest BCUT2D eigenvalue weighted by Crippen LogP contribution is -1.77. The van der Waals surface area contributed by atoms with Crippen LogP contribution in [0.5, 0.6) is 0 Å². The third kappa shape index (κ3) is 4.96. The Morgan fingerprint density at radius 2 is 0.833 bits per heavy atom. The summed E-state index contributed by atoms with van der Waals surface area (Å²) in [6.07, 6.45) is 10.8. The molecule has 0 spiro atoms. The maximum atomic E-state index is 2.19. The van der Waals surface area contributed by atoms with Crippen molar-refractivity contribution in [3.8, 4) is 0 Å². The van der Waals surface area contributed by atoms with Crippen LogP contribution in [0.25, 0.3) is 18.2 Å². The molecule has 0 saturated carbocycles. The Kier molecular flexibility index (Phi) is 5.58. The summed E-state index contributed by atoms with van der Waals surface area (Å²) in [5, 5.41) is 0. The molecule has 0 N–H and O–H groups in total. The van der Waals surface area contributed by atoms with Gasteiger partial charge in [-0.1, -0.05) is 115 Å². The maximum absolute atomic E-state index is 2.19. The van der Waals surface area contributed by atoms with E-state index in [0.29, 0.717) is 0 Å². The molecule has 0 aliphatic rings. The summed E-state index contributed by atoms with van der Waals surface area (Å²) < 4.78 is 0. The fraction of sp³-hybridized carbons (Fsp3) is 0. The van der Waals surface area contributed by atoms with E-state index in [2.05, 4.69) is 103 Å². The molecule has 0 heteroatoms. The van der Waals surface area contributed by atoms with Crippen LogP contribution in [0.4, 0.5) is 0 Å². The normalized spacial score (nSPS) is 11.0. The first kappa shape index (κ1) is 15.8. The molecule has 0 nitrogen and oxygen atoms in total. The van der Waals surface area contributed by atoms with E-state index < -0.39 is 0 Å². The molecule has 116 valence electrons. The predicted octanol–water partition coefficient (Wildman–Crippen LogP) is 6.50. The quantitative estimate of drug-likeness (QED) is 0.472. The summed E-state index contributed by atoms with van der Waals surface area (Å²) in [5.41, 5.74) is 4.76. The van der Waals surface area contributed by atoms with Gasteiger partial charge in [0.25, 0.3) is 0 Å². The van der Waals surface area contributed by atoms with Crippen LogP contribution in [-0.4, -0.2) is 0 Å². The molecule has 0 radical (unpaired) electrons. The molecule has 0 aromatic heterocycles. The topological polar surface area (TPSA) is 0 Å². The maximum Gasteiger partial charge on any atom is -0.0250 e. The zero-order chi connectivity index (χ0) is 16.5. The lowest BCUT2D eigenvalue weighted by molar-refractivity contribution is 1.62. The zero-order valence-corrected chi connectivity index (χ0v) is 13.5. The molecule has 0 heterocycles. The Hall–Kier alpha value is -3.12. The van der Waals surface area contributed by atoms with Crippen LogP contribution in [-0.2, 0) is 0 Å². The molecule has 3 aromatic carbocycles. The summed E-state index contributed by atoms with van der Waals surface area (Å²) in [7, 11) is 0. The molecule has 0 atom stereocenters. The second-order valence-electron chi connectivity index (χ2n) is 5.54. The van der Waals surface area contributed by atoms with Crippen molar-refractivity contribution in [1.82, 2.24) is 0 Å². The highest BCUT2D eigenvalue weighted by Crippen LogP contribution is 2.13. The number of benzene rings is 3. The van der Waals surface area contributed by atoms with Crippen molar-refractivity contribution in [1.29, 1.82) is 0 Å². The van der Waals surface area contributed by atoms with Crippen LogP contribution in [0.2, 0.25) is 0 Å². The minimum atomic E-state index is 1.16. The standard InChI is InChI=1S/C24H20/c1-4-10-21(11-5-1)16-18-24(20-23-14-8-3-9-15-23)19-17-22-12-6-2-7-13-22/h1-20H/b18-16+,19-17+. The molecule has 3 rings (SSSR count). The largest absolute Gasteiger partial charge is 0.0622 e. The van der Waals surface area contributed by atoms with Gasteiger partial charge in [-0.3, -0.25) is 0 Å². The number of hydrogen-bond donors (Lipinski definition) is 0. The molecular weight excluding hydrogens is 288 g/mol. The van der Waals surface area contributed by atoms with E-state index in [1.807, 2.05) is 18.2 Å². The first-order valence-electron chi connectivity index (χ1n) is 8.13. The second-order valence-corrected chi connectivity index (χ2v) is 5.54. The molecule has 0 bridgehead atoms. The average molecular weight is 308 g/mol. The monoisotopic (exact) mass is 308 g/mol. The summed E-state index contributed by atoms with van der Waals surface area (Å²) in [6, 6.07) is 31.1. The van der Waals surface area contributed by atoms with Crippen molar-refractivity contribution in [3.05, 3.63) is 125 Å². The van der Waals surface area contributed by atoms with Crippen LogP contribution in [0.15, 0.2) is 109 Å². The molecule has 0 aliphatic heterocycles. The Balaban J connectivity index is 1.87. The van der Waals surface area contributed by atoms with Gasteiger partial charge in [-0.2, -0.15) is 0 Å². The second kappa shape index (κ2) is 8.50. The third-order valence-electron chi connectivity index (χ3n) is 3.67. The Bertz CT molecular complexity index is 771. The van der Waals surface area contributed by atoms with Crippen LogP contribution in [0.3, 0.4) is 0 Å². The van der Waals surface area contributed by atoms with Gasteiger partial charge in [-0.05, 0) is 28.3 Å². The van der Waals surface area contributed by atoms with Crippen molar-refractivity contribution in [2.75, 3.05) is 0 Å². The summed E-state index contributed by atoms with van der Waals surface area (Å²) in [5.74, 6) is 0. The fourth-order valence-corrected chi connectivity index (χ4v) is 2.41. The molecule has 3 aromatic rings. The Morgan fingerprint density at radius 1 is 0.458 bits per heavy atom. The van der Waals surface area contributed by atoms with E-state index in [1.165, 1.54) is 16.7 Å². The minimum Gasteiger partial charge on any atom is -0.0622 e. The third-order valence-corrected chi connectivity index (χ3v) is 3.67. The predicted molar refractivity (Wildman–Crippen MR) is 105 cm³/mol. The highest BCUT2D eigenvalue weighted by molar-refractivity contribution is 5.68. The van der Waals surface area contributed by atoms with Crippen LogP contribution < -0.4 is 0 Å². The first-order valence-corrected chi connectivity index (χ1v) is 8.13. The number of allylic oxidation sites excluding steroid dienone is 3. The van der Waals surface area contributed by atoms with Gasteiger partial charge in [0.2, 0.25) is 0 Å². The molecule has 0 aliphatic carbocycles. The van der Waals surface area contributed by atoms with Crippen molar-refractivity contribution < 1.29 is 0 Å². The van der Waals surface area contributed by atoms with Crippen molar-refractivity contribution in [3.63, 3.8) is 0 Å². The summed E-state index contributed by atoms with van der Waals surface area (Å²) in [6.45, 7) is 0. The van der Waals surface area contributed by atoms with Crippen molar-refractivity contribution in [2.24, 2.45) is 0 Å². The van der Waals surface area contributed by atoms with Crippen molar-refractivity contribution >= 4 is 18.2 Å². The van der Waals surface area contributed by atoms with E-state index in [9.17, 15) is 0 Å². The van der Waals surface area contributed by atoms with E-state index in [-0.39, 0.29) is 0 Å². The highest BCUT2D eigenvalue weighted by atomic mass is 14.0. The smallest absolute Gasteiger partial charge is 0.0250 e. The van der Waals surface area contributed by atoms with Gasteiger partial charge in [0, 0.05) is 0 Å². The lowest BCUT2D eigenvalue weighted by atomic mass is 10.1. The Labute approximate surface area is 144 Å². The average Bonchev–Trinajstić information content (AvgIpc) is 2.66. The SMILES string of the molecule is C(=C(/C=C/c1ccccc1)/C=C/c1ccccc1)c1ccccc1. The molecule has 0 saturated heterocycles. The van der Waals surface area contributed by atoms with E-state index in [1.54, 1.807) is 0 Å². The van der Waals surface area contributed by atoms with Gasteiger partial charge in [-0.15, -0.1) is 0 Å². The van der Waals surface area contributed by atoms with E-state index >= 15 is 0 Å². The highest BCUT2D eigenvalue weighted by Gasteiger charge is 1.92. The van der Waals surface area contributed by atoms with Gasteiger partial charge >= 0.3 is 0 Å².